The summed E-state index contributed by atoms with van der Waals surface area (Å²) in [5.41, 5.74) is 0.682. The third kappa shape index (κ3) is 2.35. The van der Waals surface area contributed by atoms with E-state index in [1.165, 1.54) is 24.6 Å². The molecule has 0 aliphatic rings. The average Bonchev–Trinajstić information content (AvgIpc) is 2.56. The van der Waals surface area contributed by atoms with Crippen molar-refractivity contribution in [1.29, 1.82) is 0 Å². The maximum Gasteiger partial charge on any atom is 0.308 e. The first-order valence-corrected chi connectivity index (χ1v) is 6.68. The maximum absolute atomic E-state index is 11.6. The topological polar surface area (TPSA) is 48.3 Å². The summed E-state index contributed by atoms with van der Waals surface area (Å²) in [6.45, 7) is 2.77. The standard InChI is InChI=1S/C12H9Br2NO3/c1-6(16)15-5-11(18-7(2)17)9-3-8(13)4-10(14)12(9)15/h3-5H,1-2H3. The molecule has 94 valence electrons. The number of carbonyl (C=O) groups is 2. The zero-order valence-electron chi connectivity index (χ0n) is 9.66. The second-order valence-corrected chi connectivity index (χ2v) is 5.53. The maximum atomic E-state index is 11.6. The lowest BCUT2D eigenvalue weighted by Crippen LogP contribution is -2.04. The van der Waals surface area contributed by atoms with Crippen LogP contribution >= 0.6 is 31.9 Å². The van der Waals surface area contributed by atoms with Crippen LogP contribution in [0.4, 0.5) is 0 Å². The fraction of sp³-hybridized carbons (Fsp3) is 0.167. The van der Waals surface area contributed by atoms with Crippen LogP contribution < -0.4 is 4.74 Å². The van der Waals surface area contributed by atoms with E-state index in [2.05, 4.69) is 31.9 Å². The van der Waals surface area contributed by atoms with E-state index in [1.807, 2.05) is 6.07 Å². The van der Waals surface area contributed by atoms with Crippen LogP contribution in [0.2, 0.25) is 0 Å². The smallest absolute Gasteiger partial charge is 0.308 e. The summed E-state index contributed by atoms with van der Waals surface area (Å²) in [4.78, 5) is 22.7. The zero-order valence-corrected chi connectivity index (χ0v) is 12.8. The van der Waals surface area contributed by atoms with Crippen LogP contribution in [0.5, 0.6) is 5.75 Å². The van der Waals surface area contributed by atoms with Gasteiger partial charge in [0.25, 0.3) is 0 Å². The van der Waals surface area contributed by atoms with Crippen LogP contribution in [-0.4, -0.2) is 16.4 Å². The first-order chi connectivity index (χ1) is 8.40. The Morgan fingerprint density at radius 2 is 1.89 bits per heavy atom. The van der Waals surface area contributed by atoms with E-state index in [4.69, 9.17) is 4.74 Å². The van der Waals surface area contributed by atoms with Crippen LogP contribution in [0.3, 0.4) is 0 Å². The number of esters is 1. The lowest BCUT2D eigenvalue weighted by Gasteiger charge is -2.02. The van der Waals surface area contributed by atoms with Gasteiger partial charge in [0, 0.05) is 28.2 Å². The van der Waals surface area contributed by atoms with E-state index in [0.717, 1.165) is 8.95 Å². The Morgan fingerprint density at radius 3 is 2.44 bits per heavy atom. The summed E-state index contributed by atoms with van der Waals surface area (Å²) < 4.78 is 8.14. The number of benzene rings is 1. The highest BCUT2D eigenvalue weighted by Crippen LogP contribution is 2.36. The van der Waals surface area contributed by atoms with Crippen LogP contribution in [0.15, 0.2) is 27.3 Å². The molecule has 6 heteroatoms. The minimum absolute atomic E-state index is 0.151. The van der Waals surface area contributed by atoms with E-state index in [1.54, 1.807) is 6.07 Å². The van der Waals surface area contributed by atoms with Gasteiger partial charge in [0.2, 0.25) is 5.91 Å². The van der Waals surface area contributed by atoms with Crippen molar-refractivity contribution in [2.75, 3.05) is 0 Å². The normalized spacial score (nSPS) is 10.7. The summed E-state index contributed by atoms with van der Waals surface area (Å²) in [5.74, 6) is -0.204. The third-order valence-corrected chi connectivity index (χ3v) is 3.44. The Kier molecular flexibility index (Phi) is 3.59. The molecule has 0 saturated carbocycles. The number of ether oxygens (including phenoxy) is 1. The van der Waals surface area contributed by atoms with E-state index >= 15 is 0 Å². The van der Waals surface area contributed by atoms with Crippen LogP contribution in [0, 0.1) is 0 Å². The van der Waals surface area contributed by atoms with Gasteiger partial charge in [-0.1, -0.05) is 15.9 Å². The molecular formula is C12H9Br2NO3. The Hall–Kier alpha value is -1.14. The molecule has 0 radical (unpaired) electrons. The minimum atomic E-state index is -0.422. The van der Waals surface area contributed by atoms with Crippen LogP contribution in [0.1, 0.15) is 18.6 Å². The molecule has 18 heavy (non-hydrogen) atoms. The van der Waals surface area contributed by atoms with Gasteiger partial charge < -0.3 is 4.74 Å². The fourth-order valence-electron chi connectivity index (χ4n) is 1.73. The number of fused-ring (bicyclic) bond motifs is 1. The Balaban J connectivity index is 2.80. The molecule has 0 N–H and O–H groups in total. The average molecular weight is 375 g/mol. The van der Waals surface area contributed by atoms with E-state index < -0.39 is 5.97 Å². The van der Waals surface area contributed by atoms with Crippen molar-refractivity contribution in [3.05, 3.63) is 27.3 Å². The van der Waals surface area contributed by atoms with Gasteiger partial charge in [-0.25, -0.2) is 0 Å². The Bertz CT molecular complexity index is 661. The van der Waals surface area contributed by atoms with Crippen molar-refractivity contribution in [1.82, 2.24) is 4.57 Å². The van der Waals surface area contributed by atoms with Crippen molar-refractivity contribution in [3.63, 3.8) is 0 Å². The first kappa shape index (κ1) is 13.3. The van der Waals surface area contributed by atoms with Crippen molar-refractivity contribution < 1.29 is 14.3 Å². The van der Waals surface area contributed by atoms with Crippen molar-refractivity contribution in [3.8, 4) is 5.75 Å². The number of rotatable bonds is 1. The van der Waals surface area contributed by atoms with Gasteiger partial charge in [-0.15, -0.1) is 0 Å². The SMILES string of the molecule is CC(=O)Oc1cn(C(C)=O)c2c(Br)cc(Br)cc12. The molecular weight excluding hydrogens is 366 g/mol. The molecule has 0 bridgehead atoms. The number of hydrogen-bond acceptors (Lipinski definition) is 3. The number of hydrogen-bond donors (Lipinski definition) is 0. The highest BCUT2D eigenvalue weighted by molar-refractivity contribution is 9.11. The third-order valence-electron chi connectivity index (χ3n) is 2.37. The van der Waals surface area contributed by atoms with Crippen molar-refractivity contribution >= 4 is 54.6 Å². The van der Waals surface area contributed by atoms with Crippen LogP contribution in [0.25, 0.3) is 10.9 Å². The molecule has 4 nitrogen and oxygen atoms in total. The van der Waals surface area contributed by atoms with Gasteiger partial charge in [0.15, 0.2) is 5.75 Å². The van der Waals surface area contributed by atoms with E-state index in [0.29, 0.717) is 16.7 Å². The molecule has 1 heterocycles. The van der Waals surface area contributed by atoms with Crippen LogP contribution in [-0.2, 0) is 4.79 Å². The van der Waals surface area contributed by atoms with Gasteiger partial charge in [0.1, 0.15) is 0 Å². The summed E-state index contributed by atoms with van der Waals surface area (Å²) in [5, 5.41) is 0.696. The predicted octanol–water partition coefficient (Wildman–Crippen LogP) is 3.75. The molecule has 0 saturated heterocycles. The van der Waals surface area contributed by atoms with Crippen molar-refractivity contribution in [2.45, 2.75) is 13.8 Å². The number of nitrogens with zero attached hydrogens (tertiary/aromatic N) is 1. The monoisotopic (exact) mass is 373 g/mol. The quantitative estimate of drug-likeness (QED) is 0.714. The first-order valence-electron chi connectivity index (χ1n) is 5.09. The number of halogens is 2. The number of carbonyl (C=O) groups excluding carboxylic acids is 2. The molecule has 0 aliphatic carbocycles. The lowest BCUT2D eigenvalue weighted by molar-refractivity contribution is -0.131. The van der Waals surface area contributed by atoms with Crippen molar-refractivity contribution in [2.24, 2.45) is 0 Å². The summed E-state index contributed by atoms with van der Waals surface area (Å²) in [6, 6.07) is 3.64. The van der Waals surface area contributed by atoms with Gasteiger partial charge in [-0.2, -0.15) is 0 Å². The summed E-state index contributed by atoms with van der Waals surface area (Å²) >= 11 is 6.77. The summed E-state index contributed by atoms with van der Waals surface area (Å²) in [7, 11) is 0. The Morgan fingerprint density at radius 1 is 1.22 bits per heavy atom. The number of aromatic nitrogens is 1. The highest BCUT2D eigenvalue weighted by atomic mass is 79.9. The molecule has 1 aromatic heterocycles. The van der Waals surface area contributed by atoms with Gasteiger partial charge in [-0.05, 0) is 28.1 Å². The van der Waals surface area contributed by atoms with Gasteiger partial charge in [0.05, 0.1) is 11.7 Å². The van der Waals surface area contributed by atoms with Gasteiger partial charge in [-0.3, -0.25) is 14.2 Å². The molecule has 1 aromatic carbocycles. The van der Waals surface area contributed by atoms with E-state index in [9.17, 15) is 9.59 Å². The molecule has 0 amide bonds. The molecule has 2 rings (SSSR count). The second-order valence-electron chi connectivity index (χ2n) is 3.76. The molecule has 0 atom stereocenters. The van der Waals surface area contributed by atoms with E-state index in [-0.39, 0.29) is 5.91 Å². The largest absolute Gasteiger partial charge is 0.424 e. The Labute approximate surface area is 120 Å². The lowest BCUT2D eigenvalue weighted by atomic mass is 10.2. The molecule has 2 aromatic rings. The molecule has 0 fully saturated rings. The molecule has 0 aliphatic heterocycles. The van der Waals surface area contributed by atoms with Gasteiger partial charge >= 0.3 is 5.97 Å². The molecule has 0 unspecified atom stereocenters. The fourth-order valence-corrected chi connectivity index (χ4v) is 3.15. The molecule has 0 spiro atoms. The second kappa shape index (κ2) is 4.85. The predicted molar refractivity (Wildman–Crippen MR) is 74.9 cm³/mol. The highest BCUT2D eigenvalue weighted by Gasteiger charge is 2.16. The zero-order chi connectivity index (χ0) is 13.4. The summed E-state index contributed by atoms with van der Waals surface area (Å²) in [6.07, 6.45) is 1.52. The minimum Gasteiger partial charge on any atom is -0.424 e.